The Kier molecular flexibility index (Phi) is 7.55. The fraction of sp³-hybridized carbons (Fsp3) is 0. The van der Waals surface area contributed by atoms with E-state index in [1.54, 1.807) is 0 Å². The van der Waals surface area contributed by atoms with Crippen molar-refractivity contribution < 1.29 is 5.48 Å². The highest BCUT2D eigenvalue weighted by molar-refractivity contribution is 6.14. The number of rotatable bonds is 7. The van der Waals surface area contributed by atoms with E-state index in [2.05, 4.69) is 140 Å². The Labute approximate surface area is 350 Å². The first-order valence-electron chi connectivity index (χ1n) is 22.0. The summed E-state index contributed by atoms with van der Waals surface area (Å²) in [5.74, 6) is 0. The lowest BCUT2D eigenvalue weighted by atomic mass is 9.92. The molecule has 1 heteroatoms. The van der Waals surface area contributed by atoms with Crippen molar-refractivity contribution in [1.29, 1.82) is 0 Å². The van der Waals surface area contributed by atoms with Crippen LogP contribution in [0.25, 0.3) is 87.6 Å². The first-order chi connectivity index (χ1) is 30.9. The molecule has 0 unspecified atom stereocenters. The minimum Gasteiger partial charge on any atom is -0.311 e. The summed E-state index contributed by atoms with van der Waals surface area (Å²) in [4.78, 5) is 1.86. The van der Waals surface area contributed by atoms with Gasteiger partial charge in [-0.05, 0) is 136 Å². The first-order valence-corrected chi connectivity index (χ1v) is 20.0. The van der Waals surface area contributed by atoms with Crippen LogP contribution >= 0.6 is 0 Å². The lowest BCUT2D eigenvalue weighted by Crippen LogP contribution is -2.09. The van der Waals surface area contributed by atoms with Gasteiger partial charge in [0.05, 0.1) is 5.48 Å². The second kappa shape index (κ2) is 14.6. The molecule has 1 nitrogen and oxygen atoms in total. The van der Waals surface area contributed by atoms with E-state index in [4.69, 9.17) is 0 Å². The van der Waals surface area contributed by atoms with Crippen molar-refractivity contribution in [3.63, 3.8) is 0 Å². The minimum absolute atomic E-state index is 0.0885. The summed E-state index contributed by atoms with van der Waals surface area (Å²) in [5, 5.41) is 9.03. The van der Waals surface area contributed by atoms with Crippen molar-refractivity contribution in [1.82, 2.24) is 0 Å². The molecule has 11 aromatic rings. The number of anilines is 3. The summed E-state index contributed by atoms with van der Waals surface area (Å²) >= 11 is 0. The number of fused-ring (bicyclic) bond motifs is 5. The molecule has 0 N–H and O–H groups in total. The maximum atomic E-state index is 9.58. The highest BCUT2D eigenvalue weighted by Gasteiger charge is 2.16. The Morgan fingerprint density at radius 3 is 1.37 bits per heavy atom. The second-order valence-electron chi connectivity index (χ2n) is 15.0. The smallest absolute Gasteiger partial charge is 0.0645 e. The van der Waals surface area contributed by atoms with Gasteiger partial charge in [-0.2, -0.15) is 0 Å². The van der Waals surface area contributed by atoms with Crippen molar-refractivity contribution in [2.24, 2.45) is 0 Å². The molecule has 0 fully saturated rings. The first kappa shape index (κ1) is 30.4. The van der Waals surface area contributed by atoms with E-state index in [1.807, 2.05) is 77.7 Å². The maximum Gasteiger partial charge on any atom is 0.0645 e. The average Bonchev–Trinajstić information content (AvgIpc) is 3.34. The zero-order valence-corrected chi connectivity index (χ0v) is 32.2. The van der Waals surface area contributed by atoms with E-state index in [0.29, 0.717) is 11.3 Å². The number of benzene rings is 11. The molecule has 0 aliphatic carbocycles. The summed E-state index contributed by atoms with van der Waals surface area (Å²) in [6.45, 7) is 0. The number of hydrogen-bond acceptors (Lipinski definition) is 1. The molecule has 0 aliphatic heterocycles. The molecule has 0 saturated heterocycles. The van der Waals surface area contributed by atoms with Crippen LogP contribution in [0.15, 0.2) is 236 Å². The number of hydrogen-bond donors (Lipinski definition) is 0. The van der Waals surface area contributed by atoms with Gasteiger partial charge in [-0.15, -0.1) is 0 Å². The van der Waals surface area contributed by atoms with Gasteiger partial charge in [0, 0.05) is 17.1 Å². The van der Waals surface area contributed by atoms with Crippen LogP contribution < -0.4 is 4.90 Å². The highest BCUT2D eigenvalue weighted by Crippen LogP contribution is 2.41. The number of nitrogens with zero attached hydrogens (tertiary/aromatic N) is 1. The third-order valence-corrected chi connectivity index (χ3v) is 11.5. The Hall–Kier alpha value is -7.74. The molecule has 0 bridgehead atoms. The topological polar surface area (TPSA) is 3.24 Å². The van der Waals surface area contributed by atoms with Gasteiger partial charge in [-0.1, -0.05) is 188 Å². The van der Waals surface area contributed by atoms with E-state index in [0.717, 1.165) is 55.0 Å². The van der Waals surface area contributed by atoms with Crippen molar-refractivity contribution in [2.45, 2.75) is 0 Å². The van der Waals surface area contributed by atoms with Crippen molar-refractivity contribution in [3.8, 4) is 44.5 Å². The third-order valence-electron chi connectivity index (χ3n) is 11.5. The van der Waals surface area contributed by atoms with Crippen molar-refractivity contribution >= 4 is 60.2 Å². The molecule has 11 rings (SSSR count). The standard InChI is InChI=1S/C58H39N/c1-4-19-51-41(12-1)15-10-24-53(51)43-28-34-49(35-29-43)59(50-36-30-44(31-37-50)54-25-11-16-42-13-2-5-20-52(42)54)48-32-26-40(27-33-48)45-17-9-18-46(38-45)58-39-47-14-3-6-21-55(47)56-22-7-8-23-57(56)58/h1-39H/i28D,29D,34D,35D. The lowest BCUT2D eigenvalue weighted by molar-refractivity contribution is 1.28. The van der Waals surface area contributed by atoms with Crippen molar-refractivity contribution in [2.75, 3.05) is 4.90 Å². The molecule has 59 heavy (non-hydrogen) atoms. The predicted molar refractivity (Wildman–Crippen MR) is 253 cm³/mol. The van der Waals surface area contributed by atoms with Gasteiger partial charge >= 0.3 is 0 Å². The molecule has 0 aliphatic rings. The van der Waals surface area contributed by atoms with Crippen LogP contribution in [-0.4, -0.2) is 0 Å². The van der Waals surface area contributed by atoms with Gasteiger partial charge in [-0.3, -0.25) is 0 Å². The van der Waals surface area contributed by atoms with Crippen molar-refractivity contribution in [3.05, 3.63) is 236 Å². The van der Waals surface area contributed by atoms with Crippen LogP contribution in [0.5, 0.6) is 0 Å². The third kappa shape index (κ3) is 6.30. The van der Waals surface area contributed by atoms with Crippen LogP contribution in [0.1, 0.15) is 5.48 Å². The fourth-order valence-corrected chi connectivity index (χ4v) is 8.63. The second-order valence-corrected chi connectivity index (χ2v) is 15.0. The SMILES string of the molecule is [2H]c1c([2H])c(N(c2ccc(-c3cccc(-c4cc5ccccc5c5ccccc45)c3)cc2)c2ccc(-c3cccc4ccccc34)cc2)c([2H])c([2H])c1-c1cccc2ccccc12. The van der Waals surface area contributed by atoms with E-state index in [1.165, 1.54) is 27.1 Å². The van der Waals surface area contributed by atoms with Crippen LogP contribution in [0.2, 0.25) is 0 Å². The zero-order chi connectivity index (χ0) is 42.6. The summed E-state index contributed by atoms with van der Waals surface area (Å²) in [7, 11) is 0. The Bertz CT molecular complexity index is 3520. The van der Waals surface area contributed by atoms with Crippen LogP contribution in [0.3, 0.4) is 0 Å². The molecule has 276 valence electrons. The van der Waals surface area contributed by atoms with Gasteiger partial charge in [0.15, 0.2) is 0 Å². The van der Waals surface area contributed by atoms with Gasteiger partial charge in [0.25, 0.3) is 0 Å². The van der Waals surface area contributed by atoms with Crippen LogP contribution in [0.4, 0.5) is 17.1 Å². The predicted octanol–water partition coefficient (Wildman–Crippen LogP) is 16.4. The lowest BCUT2D eigenvalue weighted by Gasteiger charge is -2.26. The maximum absolute atomic E-state index is 9.58. The molecular weight excluding hydrogens is 711 g/mol. The molecule has 0 aromatic heterocycles. The summed E-state index contributed by atoms with van der Waals surface area (Å²) in [6, 6.07) is 72.3. The zero-order valence-electron chi connectivity index (χ0n) is 36.2. The Morgan fingerprint density at radius 2 is 0.729 bits per heavy atom. The monoisotopic (exact) mass is 753 g/mol. The molecule has 11 aromatic carbocycles. The molecule has 0 heterocycles. The largest absolute Gasteiger partial charge is 0.311 e. The summed E-state index contributed by atoms with van der Waals surface area (Å²) in [6.07, 6.45) is 0. The quantitative estimate of drug-likeness (QED) is 0.147. The van der Waals surface area contributed by atoms with E-state index >= 15 is 0 Å². The summed E-state index contributed by atoms with van der Waals surface area (Å²) < 4.78 is 38.1. The van der Waals surface area contributed by atoms with E-state index in [9.17, 15) is 5.48 Å². The molecule has 0 amide bonds. The normalized spacial score (nSPS) is 12.3. The molecule has 0 atom stereocenters. The Balaban J connectivity index is 1.04. The van der Waals surface area contributed by atoms with Gasteiger partial charge in [0.1, 0.15) is 0 Å². The van der Waals surface area contributed by atoms with Gasteiger partial charge in [0.2, 0.25) is 0 Å². The average molecular weight is 754 g/mol. The van der Waals surface area contributed by atoms with Crippen LogP contribution in [-0.2, 0) is 0 Å². The molecular formula is C58H39N. The van der Waals surface area contributed by atoms with E-state index in [-0.39, 0.29) is 35.4 Å². The molecule has 0 radical (unpaired) electrons. The van der Waals surface area contributed by atoms with Crippen LogP contribution in [0, 0.1) is 0 Å². The van der Waals surface area contributed by atoms with Gasteiger partial charge in [-0.25, -0.2) is 0 Å². The minimum atomic E-state index is -0.114. The van der Waals surface area contributed by atoms with Gasteiger partial charge < -0.3 is 4.90 Å². The molecule has 0 spiro atoms. The fourth-order valence-electron chi connectivity index (χ4n) is 8.63. The Morgan fingerprint density at radius 1 is 0.254 bits per heavy atom. The summed E-state index contributed by atoms with van der Waals surface area (Å²) in [5.41, 5.74) is 9.10. The molecule has 0 saturated carbocycles. The van der Waals surface area contributed by atoms with E-state index < -0.39 is 0 Å². The highest BCUT2D eigenvalue weighted by atomic mass is 15.1.